The SMILES string of the molecule is C=C1CCC(NP)c2scc(C)c21. The van der Waals surface area contributed by atoms with E-state index in [1.165, 1.54) is 28.0 Å². The summed E-state index contributed by atoms with van der Waals surface area (Å²) in [6, 6.07) is 0.518. The first kappa shape index (κ1) is 9.39. The van der Waals surface area contributed by atoms with Crippen LogP contribution in [0.4, 0.5) is 0 Å². The van der Waals surface area contributed by atoms with Crippen LogP contribution in [0.3, 0.4) is 0 Å². The average Bonchev–Trinajstić information content (AvgIpc) is 2.50. The van der Waals surface area contributed by atoms with E-state index in [-0.39, 0.29) is 0 Å². The first-order valence-corrected chi connectivity index (χ1v) is 5.92. The lowest BCUT2D eigenvalue weighted by atomic mass is 9.89. The van der Waals surface area contributed by atoms with Crippen molar-refractivity contribution in [2.45, 2.75) is 25.8 Å². The van der Waals surface area contributed by atoms with Crippen molar-refractivity contribution < 1.29 is 0 Å². The van der Waals surface area contributed by atoms with Crippen LogP contribution in [-0.4, -0.2) is 0 Å². The minimum Gasteiger partial charge on any atom is -0.293 e. The van der Waals surface area contributed by atoms with Crippen LogP contribution in [0.5, 0.6) is 0 Å². The van der Waals surface area contributed by atoms with Crippen LogP contribution in [0.15, 0.2) is 12.0 Å². The number of aryl methyl sites for hydroxylation is 1. The van der Waals surface area contributed by atoms with Crippen molar-refractivity contribution in [1.82, 2.24) is 5.09 Å². The van der Waals surface area contributed by atoms with Crippen LogP contribution in [0, 0.1) is 6.92 Å². The van der Waals surface area contributed by atoms with Crippen LogP contribution >= 0.6 is 20.7 Å². The Kier molecular flexibility index (Phi) is 2.55. The fourth-order valence-electron chi connectivity index (χ4n) is 1.91. The summed E-state index contributed by atoms with van der Waals surface area (Å²) in [6.45, 7) is 6.30. The van der Waals surface area contributed by atoms with Gasteiger partial charge in [-0.3, -0.25) is 5.09 Å². The first-order valence-electron chi connectivity index (χ1n) is 4.46. The molecular formula is C10H14NPS. The van der Waals surface area contributed by atoms with E-state index in [0.29, 0.717) is 6.04 Å². The predicted octanol–water partition coefficient (Wildman–Crippen LogP) is 3.28. The Bertz CT molecular complexity index is 343. The number of hydrogen-bond donors (Lipinski definition) is 1. The van der Waals surface area contributed by atoms with E-state index in [1.54, 1.807) is 0 Å². The topological polar surface area (TPSA) is 12.0 Å². The summed E-state index contributed by atoms with van der Waals surface area (Å²) in [5.41, 5.74) is 4.11. The van der Waals surface area contributed by atoms with Crippen molar-refractivity contribution in [3.05, 3.63) is 28.0 Å². The van der Waals surface area contributed by atoms with Crippen LogP contribution < -0.4 is 5.09 Å². The summed E-state index contributed by atoms with van der Waals surface area (Å²) >= 11 is 1.85. The van der Waals surface area contributed by atoms with E-state index in [1.807, 2.05) is 11.3 Å². The average molecular weight is 211 g/mol. The number of rotatable bonds is 1. The number of nitrogens with one attached hydrogen (secondary N) is 1. The third-order valence-electron chi connectivity index (χ3n) is 2.61. The van der Waals surface area contributed by atoms with Gasteiger partial charge >= 0.3 is 0 Å². The molecule has 70 valence electrons. The lowest BCUT2D eigenvalue weighted by Crippen LogP contribution is -2.15. The Morgan fingerprint density at radius 3 is 3.15 bits per heavy atom. The molecule has 1 N–H and O–H groups in total. The molecule has 2 rings (SSSR count). The molecule has 1 nitrogen and oxygen atoms in total. The summed E-state index contributed by atoms with van der Waals surface area (Å²) in [4.78, 5) is 1.46. The molecule has 1 aliphatic carbocycles. The minimum atomic E-state index is 0.518. The van der Waals surface area contributed by atoms with E-state index >= 15 is 0 Å². The molecule has 1 heterocycles. The quantitative estimate of drug-likeness (QED) is 0.703. The summed E-state index contributed by atoms with van der Waals surface area (Å²) in [7, 11) is 2.62. The van der Waals surface area contributed by atoms with Crippen LogP contribution in [0.2, 0.25) is 0 Å². The lowest BCUT2D eigenvalue weighted by molar-refractivity contribution is 0.619. The normalized spacial score (nSPS) is 21.7. The van der Waals surface area contributed by atoms with E-state index in [0.717, 1.165) is 6.42 Å². The van der Waals surface area contributed by atoms with Gasteiger partial charge in [-0.2, -0.15) is 0 Å². The van der Waals surface area contributed by atoms with Crippen molar-refractivity contribution in [3.63, 3.8) is 0 Å². The molecule has 2 atom stereocenters. The van der Waals surface area contributed by atoms with E-state index < -0.39 is 0 Å². The van der Waals surface area contributed by atoms with Gasteiger partial charge < -0.3 is 0 Å². The maximum Gasteiger partial charge on any atom is 0.0454 e. The first-order chi connectivity index (χ1) is 6.24. The zero-order chi connectivity index (χ0) is 9.42. The monoisotopic (exact) mass is 211 g/mol. The molecule has 0 bridgehead atoms. The third kappa shape index (κ3) is 1.48. The summed E-state index contributed by atoms with van der Waals surface area (Å²) in [6.07, 6.45) is 2.30. The van der Waals surface area contributed by atoms with Gasteiger partial charge in [0.2, 0.25) is 0 Å². The highest BCUT2D eigenvalue weighted by molar-refractivity contribution is 7.14. The molecule has 0 saturated carbocycles. The molecule has 0 fully saturated rings. The summed E-state index contributed by atoms with van der Waals surface area (Å²) < 4.78 is 0. The van der Waals surface area contributed by atoms with Gasteiger partial charge in [-0.05, 0) is 41.8 Å². The predicted molar refractivity (Wildman–Crippen MR) is 62.9 cm³/mol. The van der Waals surface area contributed by atoms with Crippen LogP contribution in [0.25, 0.3) is 5.57 Å². The molecule has 0 aliphatic heterocycles. The smallest absolute Gasteiger partial charge is 0.0454 e. The highest BCUT2D eigenvalue weighted by Crippen LogP contribution is 2.41. The second-order valence-electron chi connectivity index (χ2n) is 3.52. The number of hydrogen-bond acceptors (Lipinski definition) is 2. The van der Waals surface area contributed by atoms with Gasteiger partial charge in [0.25, 0.3) is 0 Å². The molecular weight excluding hydrogens is 197 g/mol. The molecule has 1 aromatic rings. The maximum absolute atomic E-state index is 4.13. The highest BCUT2D eigenvalue weighted by Gasteiger charge is 2.23. The van der Waals surface area contributed by atoms with Crippen LogP contribution in [0.1, 0.15) is 34.9 Å². The van der Waals surface area contributed by atoms with Crippen molar-refractivity contribution in [2.75, 3.05) is 0 Å². The molecule has 0 radical (unpaired) electrons. The minimum absolute atomic E-state index is 0.518. The Balaban J connectivity index is 2.50. The summed E-state index contributed by atoms with van der Waals surface area (Å²) in [5, 5.41) is 5.51. The number of thiophene rings is 1. The van der Waals surface area contributed by atoms with Crippen molar-refractivity contribution in [2.24, 2.45) is 0 Å². The van der Waals surface area contributed by atoms with Crippen molar-refractivity contribution in [1.29, 1.82) is 0 Å². The molecule has 0 spiro atoms. The second kappa shape index (κ2) is 3.53. The molecule has 2 unspecified atom stereocenters. The van der Waals surface area contributed by atoms with Gasteiger partial charge in [0.1, 0.15) is 0 Å². The van der Waals surface area contributed by atoms with Gasteiger partial charge in [-0.25, -0.2) is 0 Å². The van der Waals surface area contributed by atoms with E-state index in [9.17, 15) is 0 Å². The molecule has 0 saturated heterocycles. The third-order valence-corrected chi connectivity index (χ3v) is 4.23. The van der Waals surface area contributed by atoms with Gasteiger partial charge in [0.05, 0.1) is 0 Å². The molecule has 3 heteroatoms. The zero-order valence-electron chi connectivity index (χ0n) is 7.76. The lowest BCUT2D eigenvalue weighted by Gasteiger charge is -2.23. The highest BCUT2D eigenvalue weighted by atomic mass is 32.1. The van der Waals surface area contributed by atoms with Crippen molar-refractivity contribution in [3.8, 4) is 0 Å². The molecule has 13 heavy (non-hydrogen) atoms. The molecule has 1 aromatic heterocycles. The van der Waals surface area contributed by atoms with Gasteiger partial charge in [-0.1, -0.05) is 16.0 Å². The van der Waals surface area contributed by atoms with Gasteiger partial charge in [0.15, 0.2) is 0 Å². The number of allylic oxidation sites excluding steroid dienone is 1. The molecule has 0 aromatic carbocycles. The maximum atomic E-state index is 4.13. The fraction of sp³-hybridized carbons (Fsp3) is 0.400. The van der Waals surface area contributed by atoms with E-state index in [2.05, 4.69) is 33.4 Å². The Hall–Kier alpha value is -0.170. The van der Waals surface area contributed by atoms with Gasteiger partial charge in [-0.15, -0.1) is 11.3 Å². The summed E-state index contributed by atoms with van der Waals surface area (Å²) in [5.74, 6) is 0. The Morgan fingerprint density at radius 2 is 2.46 bits per heavy atom. The Labute approximate surface area is 85.5 Å². The molecule has 1 aliphatic rings. The van der Waals surface area contributed by atoms with E-state index in [4.69, 9.17) is 0 Å². The number of fused-ring (bicyclic) bond motifs is 1. The van der Waals surface area contributed by atoms with Crippen LogP contribution in [-0.2, 0) is 0 Å². The standard InChI is InChI=1S/C10H14NPS/c1-6-3-4-8(11-12)10-9(6)7(2)5-13-10/h5,8,11H,1,3-4,12H2,2H3. The Morgan fingerprint density at radius 1 is 1.69 bits per heavy atom. The molecule has 0 amide bonds. The largest absolute Gasteiger partial charge is 0.293 e. The van der Waals surface area contributed by atoms with Gasteiger partial charge in [0, 0.05) is 10.9 Å². The zero-order valence-corrected chi connectivity index (χ0v) is 9.73. The second-order valence-corrected chi connectivity index (χ2v) is 4.76. The van der Waals surface area contributed by atoms with Crippen molar-refractivity contribution >= 4 is 26.3 Å². The fourth-order valence-corrected chi connectivity index (χ4v) is 3.56.